The number of hydrogen-bond acceptors (Lipinski definition) is 5. The van der Waals surface area contributed by atoms with Crippen LogP contribution in [0.1, 0.15) is 37.7 Å². The molecule has 0 unspecified atom stereocenters. The van der Waals surface area contributed by atoms with Crippen LogP contribution in [-0.2, 0) is 14.3 Å². The van der Waals surface area contributed by atoms with Gasteiger partial charge < -0.3 is 15.2 Å². The molecule has 0 spiro atoms. The summed E-state index contributed by atoms with van der Waals surface area (Å²) in [6.07, 6.45) is 6.42. The molecule has 1 aromatic carbocycles. The zero-order chi connectivity index (χ0) is 19.8. The van der Waals surface area contributed by atoms with Gasteiger partial charge in [-0.2, -0.15) is 0 Å². The lowest BCUT2D eigenvalue weighted by Crippen LogP contribution is -2.34. The molecule has 0 saturated heterocycles. The van der Waals surface area contributed by atoms with Gasteiger partial charge in [-0.05, 0) is 49.3 Å². The van der Waals surface area contributed by atoms with E-state index in [1.54, 1.807) is 0 Å². The van der Waals surface area contributed by atoms with Crippen molar-refractivity contribution in [1.82, 2.24) is 5.32 Å². The number of aliphatic imine (C=N–C) groups is 1. The van der Waals surface area contributed by atoms with Crippen LogP contribution < -0.4 is 5.32 Å². The summed E-state index contributed by atoms with van der Waals surface area (Å²) in [6, 6.07) is 5.03. The minimum Gasteiger partial charge on any atom is -0.506 e. The Labute approximate surface area is 162 Å². The molecule has 8 heteroatoms. The molecule has 144 valence electrons. The van der Waals surface area contributed by atoms with Crippen LogP contribution in [0.2, 0.25) is 0 Å². The Morgan fingerprint density at radius 2 is 1.89 bits per heavy atom. The fourth-order valence-corrected chi connectivity index (χ4v) is 2.99. The van der Waals surface area contributed by atoms with Crippen LogP contribution in [0.4, 0.5) is 4.39 Å². The van der Waals surface area contributed by atoms with Crippen LogP contribution in [0, 0.1) is 5.82 Å². The third kappa shape index (κ3) is 5.96. The maximum Gasteiger partial charge on any atom is 0.379 e. The van der Waals surface area contributed by atoms with Crippen molar-refractivity contribution in [3.63, 3.8) is 0 Å². The summed E-state index contributed by atoms with van der Waals surface area (Å²) in [7, 11) is 1.05. The number of carbonyl (C=O) groups excluding carboxylic acids is 2. The Kier molecular flexibility index (Phi) is 7.60. The summed E-state index contributed by atoms with van der Waals surface area (Å²) < 4.78 is 17.5. The van der Waals surface area contributed by atoms with Crippen molar-refractivity contribution in [3.8, 4) is 0 Å². The Bertz CT molecular complexity index is 768. The fraction of sp³-hybridized carbons (Fsp3) is 0.368. The van der Waals surface area contributed by atoms with Crippen LogP contribution in [0.25, 0.3) is 5.76 Å². The third-order valence-corrected chi connectivity index (χ3v) is 4.46. The lowest BCUT2D eigenvalue weighted by Gasteiger charge is -2.22. The largest absolute Gasteiger partial charge is 0.506 e. The van der Waals surface area contributed by atoms with Crippen LogP contribution in [-0.4, -0.2) is 41.3 Å². The molecule has 2 N–H and O–H groups in total. The molecule has 6 nitrogen and oxygen atoms in total. The predicted octanol–water partition coefficient (Wildman–Crippen LogP) is 3.11. The van der Waals surface area contributed by atoms with Crippen molar-refractivity contribution in [2.75, 3.05) is 7.11 Å². The number of halogens is 1. The predicted molar refractivity (Wildman–Crippen MR) is 104 cm³/mol. The fourth-order valence-electron chi connectivity index (χ4n) is 2.78. The maximum absolute atomic E-state index is 13.1. The number of nitrogens with zero attached hydrogens (tertiary/aromatic N) is 1. The summed E-state index contributed by atoms with van der Waals surface area (Å²) in [5.74, 6) is -3.26. The van der Waals surface area contributed by atoms with Gasteiger partial charge in [-0.3, -0.25) is 4.79 Å². The van der Waals surface area contributed by atoms with E-state index < -0.39 is 23.3 Å². The molecule has 1 aliphatic carbocycles. The number of benzene rings is 1. The molecule has 1 fully saturated rings. The van der Waals surface area contributed by atoms with E-state index in [-0.39, 0.29) is 22.3 Å². The second-order valence-corrected chi connectivity index (χ2v) is 6.52. The molecule has 0 aliphatic heterocycles. The highest BCUT2D eigenvalue weighted by molar-refractivity contribution is 7.80. The zero-order valence-corrected chi connectivity index (χ0v) is 15.7. The molecule has 0 bridgehead atoms. The number of hydrogen-bond donors (Lipinski definition) is 2. The maximum atomic E-state index is 13.1. The number of ketones is 1. The molecule has 0 amide bonds. The minimum absolute atomic E-state index is 0.154. The van der Waals surface area contributed by atoms with Gasteiger partial charge in [0.2, 0.25) is 0 Å². The van der Waals surface area contributed by atoms with Gasteiger partial charge in [0.1, 0.15) is 11.6 Å². The van der Waals surface area contributed by atoms with E-state index in [0.717, 1.165) is 51.1 Å². The second kappa shape index (κ2) is 9.91. The Hall–Kier alpha value is -2.61. The molecule has 1 aliphatic rings. The summed E-state index contributed by atoms with van der Waals surface area (Å²) >= 11 is 5.16. The quantitative estimate of drug-likeness (QED) is 0.200. The number of methoxy groups -OCH3 is 1. The molecular weight excluding hydrogens is 371 g/mol. The second-order valence-electron chi connectivity index (χ2n) is 6.13. The number of esters is 1. The van der Waals surface area contributed by atoms with E-state index in [1.165, 1.54) is 18.6 Å². The first-order valence-corrected chi connectivity index (χ1v) is 8.99. The molecule has 0 aromatic heterocycles. The van der Waals surface area contributed by atoms with Crippen molar-refractivity contribution in [3.05, 3.63) is 41.2 Å². The Balaban J connectivity index is 2.25. The molecule has 1 aromatic rings. The molecule has 2 rings (SSSR count). The standard InChI is InChI=1S/C19H21FN2O4S/c1-26-18(25)17(24)15(16(23)12-7-9-13(20)10-8-12)11-21-19(27)22-14-5-3-2-4-6-14/h7-11,14,23H,2-6H2,1H3,(H,22,27)/b16-15-,21-11+. The van der Waals surface area contributed by atoms with E-state index >= 15 is 0 Å². The number of Topliss-reactive ketones (excluding diaryl/α,β-unsaturated/α-hetero) is 1. The first-order valence-electron chi connectivity index (χ1n) is 8.58. The summed E-state index contributed by atoms with van der Waals surface area (Å²) in [4.78, 5) is 27.8. The summed E-state index contributed by atoms with van der Waals surface area (Å²) in [6.45, 7) is 0. The van der Waals surface area contributed by atoms with E-state index in [2.05, 4.69) is 15.0 Å². The zero-order valence-electron chi connectivity index (χ0n) is 14.9. The van der Waals surface area contributed by atoms with Crippen molar-refractivity contribution in [2.24, 2.45) is 4.99 Å². The average molecular weight is 392 g/mol. The van der Waals surface area contributed by atoms with Crippen LogP contribution in [0.15, 0.2) is 34.8 Å². The van der Waals surface area contributed by atoms with Gasteiger partial charge in [0.05, 0.1) is 12.7 Å². The summed E-state index contributed by atoms with van der Waals surface area (Å²) in [5.41, 5.74) is -0.234. The highest BCUT2D eigenvalue weighted by atomic mass is 32.1. The third-order valence-electron chi connectivity index (χ3n) is 4.23. The lowest BCUT2D eigenvalue weighted by molar-refractivity contribution is -0.149. The van der Waals surface area contributed by atoms with Gasteiger partial charge in [-0.25, -0.2) is 14.2 Å². The molecule has 0 radical (unpaired) electrons. The molecular formula is C19H21FN2O4S. The Morgan fingerprint density at radius 1 is 1.26 bits per heavy atom. The Morgan fingerprint density at radius 3 is 2.48 bits per heavy atom. The van der Waals surface area contributed by atoms with E-state index in [9.17, 15) is 19.1 Å². The van der Waals surface area contributed by atoms with Crippen molar-refractivity contribution in [1.29, 1.82) is 0 Å². The number of thiocarbonyl (C=S) groups is 1. The van der Waals surface area contributed by atoms with E-state index in [4.69, 9.17) is 12.2 Å². The normalized spacial score (nSPS) is 15.9. The number of rotatable bonds is 5. The first kappa shape index (κ1) is 20.7. The highest BCUT2D eigenvalue weighted by Gasteiger charge is 2.23. The number of carbonyl (C=O) groups is 2. The van der Waals surface area contributed by atoms with Crippen LogP contribution >= 0.6 is 12.2 Å². The van der Waals surface area contributed by atoms with E-state index in [0.29, 0.717) is 0 Å². The van der Waals surface area contributed by atoms with Crippen LogP contribution in [0.5, 0.6) is 0 Å². The van der Waals surface area contributed by atoms with E-state index in [1.807, 2.05) is 0 Å². The first-order chi connectivity index (χ1) is 12.9. The van der Waals surface area contributed by atoms with Gasteiger partial charge in [-0.15, -0.1) is 0 Å². The minimum atomic E-state index is -1.16. The number of ether oxygens (including phenoxy) is 1. The van der Waals surface area contributed by atoms with Crippen LogP contribution in [0.3, 0.4) is 0 Å². The molecule has 1 saturated carbocycles. The van der Waals surface area contributed by atoms with Crippen molar-refractivity contribution < 1.29 is 23.8 Å². The number of aliphatic hydroxyl groups excluding tert-OH is 1. The summed E-state index contributed by atoms with van der Waals surface area (Å²) in [5, 5.41) is 13.6. The van der Waals surface area contributed by atoms with Gasteiger partial charge in [0, 0.05) is 17.8 Å². The van der Waals surface area contributed by atoms with Crippen molar-refractivity contribution in [2.45, 2.75) is 38.1 Å². The number of nitrogens with one attached hydrogen (secondary N) is 1. The molecule has 27 heavy (non-hydrogen) atoms. The average Bonchev–Trinajstić information content (AvgIpc) is 2.68. The smallest absolute Gasteiger partial charge is 0.379 e. The van der Waals surface area contributed by atoms with Gasteiger partial charge in [0.25, 0.3) is 5.78 Å². The van der Waals surface area contributed by atoms with Gasteiger partial charge >= 0.3 is 5.97 Å². The monoisotopic (exact) mass is 392 g/mol. The van der Waals surface area contributed by atoms with Crippen molar-refractivity contribution >= 4 is 41.1 Å². The SMILES string of the molecule is COC(=O)C(=O)C(/C=N/C(=S)NC1CCCCC1)=C(\O)c1ccc(F)cc1. The number of aliphatic hydroxyl groups is 1. The lowest BCUT2D eigenvalue weighted by atomic mass is 9.96. The topological polar surface area (TPSA) is 88.0 Å². The molecule has 0 heterocycles. The van der Waals surface area contributed by atoms with Gasteiger partial charge in [0.15, 0.2) is 5.11 Å². The highest BCUT2D eigenvalue weighted by Crippen LogP contribution is 2.18. The van der Waals surface area contributed by atoms with Gasteiger partial charge in [-0.1, -0.05) is 19.3 Å². The molecule has 0 atom stereocenters.